The number of aliphatic hydroxyl groups is 1. The van der Waals surface area contributed by atoms with E-state index >= 15 is 0 Å². The molecule has 534 valence electrons. The fourth-order valence-electron chi connectivity index (χ4n) is 10.8. The Morgan fingerprint density at radius 3 is 0.756 bits per heavy atom. The topological polar surface area (TPSA) is 237 Å². The molecule has 2 unspecified atom stereocenters. The van der Waals surface area contributed by atoms with E-state index in [0.717, 1.165) is 115 Å². The van der Waals surface area contributed by atoms with Crippen molar-refractivity contribution in [1.29, 1.82) is 0 Å². The second-order valence-corrected chi connectivity index (χ2v) is 29.5. The number of hydrogen-bond acceptors (Lipinski definition) is 15. The smallest absolute Gasteiger partial charge is 0.462 e. The van der Waals surface area contributed by atoms with Crippen LogP contribution in [0.1, 0.15) is 363 Å². The van der Waals surface area contributed by atoms with Gasteiger partial charge in [0.25, 0.3) is 0 Å². The zero-order valence-electron chi connectivity index (χ0n) is 58.4. The molecule has 0 rings (SSSR count). The minimum absolute atomic E-state index is 0.107. The number of rotatable bonds is 70. The number of phosphoric ester groups is 2. The summed E-state index contributed by atoms with van der Waals surface area (Å²) < 4.78 is 68.2. The van der Waals surface area contributed by atoms with Crippen LogP contribution in [0.4, 0.5) is 0 Å². The summed E-state index contributed by atoms with van der Waals surface area (Å²) in [7, 11) is -9.90. The van der Waals surface area contributed by atoms with Crippen LogP contribution in [0.15, 0.2) is 0 Å². The van der Waals surface area contributed by atoms with Crippen LogP contribution in [0.2, 0.25) is 0 Å². The molecule has 0 heterocycles. The van der Waals surface area contributed by atoms with E-state index in [4.69, 9.17) is 37.0 Å². The average Bonchev–Trinajstić information content (AvgIpc) is 2.97. The molecular weight excluding hydrogens is 1190 g/mol. The fraction of sp³-hybridized carbons (Fsp3) is 0.944. The quantitative estimate of drug-likeness (QED) is 0.0222. The summed E-state index contributed by atoms with van der Waals surface area (Å²) in [6.07, 6.45) is 48.6. The first kappa shape index (κ1) is 88.1. The summed E-state index contributed by atoms with van der Waals surface area (Å²) in [6, 6.07) is 0. The number of carbonyl (C=O) groups is 4. The number of phosphoric acid groups is 2. The van der Waals surface area contributed by atoms with Crippen molar-refractivity contribution in [3.63, 3.8) is 0 Å². The average molecular weight is 1330 g/mol. The second-order valence-electron chi connectivity index (χ2n) is 26.6. The second kappa shape index (κ2) is 63.1. The molecule has 17 nitrogen and oxygen atoms in total. The van der Waals surface area contributed by atoms with Crippen LogP contribution in [0.25, 0.3) is 0 Å². The molecule has 0 fully saturated rings. The predicted octanol–water partition coefficient (Wildman–Crippen LogP) is 20.4. The monoisotopic (exact) mass is 1320 g/mol. The number of unbranched alkanes of at least 4 members (excludes halogenated alkanes) is 40. The molecule has 0 aromatic rings. The van der Waals surface area contributed by atoms with Gasteiger partial charge in [0.2, 0.25) is 0 Å². The number of ether oxygens (including phenoxy) is 4. The highest BCUT2D eigenvalue weighted by molar-refractivity contribution is 7.47. The van der Waals surface area contributed by atoms with E-state index < -0.39 is 97.5 Å². The van der Waals surface area contributed by atoms with Crippen molar-refractivity contribution < 1.29 is 80.2 Å². The lowest BCUT2D eigenvalue weighted by Gasteiger charge is -2.21. The van der Waals surface area contributed by atoms with Crippen LogP contribution in [0.5, 0.6) is 0 Å². The maximum absolute atomic E-state index is 13.0. The molecule has 0 spiro atoms. The Bertz CT molecular complexity index is 1750. The lowest BCUT2D eigenvalue weighted by Crippen LogP contribution is -2.30. The van der Waals surface area contributed by atoms with Gasteiger partial charge in [-0.25, -0.2) is 9.13 Å². The lowest BCUT2D eigenvalue weighted by atomic mass is 10.0. The van der Waals surface area contributed by atoms with Crippen molar-refractivity contribution in [2.75, 3.05) is 39.6 Å². The number of aliphatic hydroxyl groups excluding tert-OH is 1. The van der Waals surface area contributed by atoms with Gasteiger partial charge in [0.1, 0.15) is 19.3 Å². The van der Waals surface area contributed by atoms with Gasteiger partial charge in [-0.05, 0) is 37.5 Å². The first-order valence-corrected chi connectivity index (χ1v) is 40.0. The van der Waals surface area contributed by atoms with E-state index in [1.165, 1.54) is 167 Å². The molecule has 0 aliphatic rings. The highest BCUT2D eigenvalue weighted by Crippen LogP contribution is 2.45. The van der Waals surface area contributed by atoms with Gasteiger partial charge in [0.05, 0.1) is 26.4 Å². The number of esters is 4. The Morgan fingerprint density at radius 1 is 0.300 bits per heavy atom. The number of carbonyl (C=O) groups excluding carboxylic acids is 4. The third-order valence-electron chi connectivity index (χ3n) is 16.5. The molecule has 0 radical (unpaired) electrons. The van der Waals surface area contributed by atoms with Gasteiger partial charge in [-0.3, -0.25) is 37.3 Å². The largest absolute Gasteiger partial charge is 0.472 e. The molecule has 0 bridgehead atoms. The van der Waals surface area contributed by atoms with Gasteiger partial charge in [-0.1, -0.05) is 311 Å². The van der Waals surface area contributed by atoms with E-state index in [2.05, 4.69) is 41.5 Å². The van der Waals surface area contributed by atoms with Crippen LogP contribution in [-0.4, -0.2) is 96.7 Å². The molecule has 0 aromatic carbocycles. The van der Waals surface area contributed by atoms with E-state index in [1.807, 2.05) is 0 Å². The van der Waals surface area contributed by atoms with Gasteiger partial charge in [-0.2, -0.15) is 0 Å². The third-order valence-corrected chi connectivity index (χ3v) is 18.4. The molecule has 0 aliphatic heterocycles. The molecule has 0 saturated heterocycles. The zero-order valence-corrected chi connectivity index (χ0v) is 60.2. The Kier molecular flexibility index (Phi) is 61.8. The lowest BCUT2D eigenvalue weighted by molar-refractivity contribution is -0.161. The van der Waals surface area contributed by atoms with Crippen molar-refractivity contribution in [2.24, 2.45) is 11.8 Å². The Hall–Kier alpha value is -1.94. The van der Waals surface area contributed by atoms with Crippen molar-refractivity contribution in [3.05, 3.63) is 0 Å². The van der Waals surface area contributed by atoms with Gasteiger partial charge >= 0.3 is 39.5 Å². The van der Waals surface area contributed by atoms with E-state index in [-0.39, 0.29) is 25.7 Å². The Morgan fingerprint density at radius 2 is 0.511 bits per heavy atom. The number of hydrogen-bond donors (Lipinski definition) is 3. The highest BCUT2D eigenvalue weighted by atomic mass is 31.2. The summed E-state index contributed by atoms with van der Waals surface area (Å²) in [5, 5.41) is 10.6. The normalized spacial score (nSPS) is 14.1. The minimum atomic E-state index is -4.95. The van der Waals surface area contributed by atoms with Gasteiger partial charge in [0.15, 0.2) is 12.2 Å². The van der Waals surface area contributed by atoms with Gasteiger partial charge in [0, 0.05) is 25.7 Å². The van der Waals surface area contributed by atoms with E-state index in [1.54, 1.807) is 0 Å². The molecule has 0 aliphatic carbocycles. The molecule has 5 atom stereocenters. The molecule has 3 N–H and O–H groups in total. The summed E-state index contributed by atoms with van der Waals surface area (Å²) >= 11 is 0. The van der Waals surface area contributed by atoms with Gasteiger partial charge < -0.3 is 33.8 Å². The van der Waals surface area contributed by atoms with Crippen molar-refractivity contribution >= 4 is 39.5 Å². The summed E-state index contributed by atoms with van der Waals surface area (Å²) in [6.45, 7) is 9.55. The standard InChI is InChI=1S/C71H138O17P2/c1-7-9-11-13-15-16-17-25-31-37-43-49-55-70(75)87-66(59-81-68(73)53-47-41-33-14-12-10-8-2)61-85-89(77,78)83-57-65(72)58-84-90(79,80)86-62-67(60-82-69(74)54-48-42-36-30-27-22-24-29-35-40-46-52-64(5)6)88-71(76)56-50-44-38-32-26-21-19-18-20-23-28-34-39-45-51-63(3)4/h63-67,72H,7-62H2,1-6H3,(H,77,78)(H,79,80)/t65-,66+,67+/m0/s1. The Balaban J connectivity index is 5.20. The van der Waals surface area contributed by atoms with E-state index in [9.17, 15) is 43.2 Å². The van der Waals surface area contributed by atoms with Crippen LogP contribution in [0.3, 0.4) is 0 Å². The zero-order chi connectivity index (χ0) is 66.5. The van der Waals surface area contributed by atoms with Crippen LogP contribution >= 0.6 is 15.6 Å². The molecule has 0 saturated carbocycles. The van der Waals surface area contributed by atoms with Crippen molar-refractivity contribution in [2.45, 2.75) is 381 Å². The summed E-state index contributed by atoms with van der Waals surface area (Å²) in [4.78, 5) is 72.5. The van der Waals surface area contributed by atoms with Crippen LogP contribution in [-0.2, 0) is 65.4 Å². The van der Waals surface area contributed by atoms with Gasteiger partial charge in [-0.15, -0.1) is 0 Å². The molecular formula is C71H138O17P2. The first-order valence-electron chi connectivity index (χ1n) is 37.0. The fourth-order valence-corrected chi connectivity index (χ4v) is 12.3. The van der Waals surface area contributed by atoms with Crippen LogP contribution in [0, 0.1) is 11.8 Å². The SMILES string of the molecule is CCCCCCCCCCCCCCC(=O)O[C@H](COC(=O)CCCCCCCCC)COP(=O)(O)OC[C@H](O)COP(=O)(O)OC[C@@H](COC(=O)CCCCCCCCCCCCCC(C)C)OC(=O)CCCCCCCCCCCCCCCCC(C)C. The Labute approximate surface area is 549 Å². The predicted molar refractivity (Wildman–Crippen MR) is 363 cm³/mol. The molecule has 0 aromatic heterocycles. The summed E-state index contributed by atoms with van der Waals surface area (Å²) in [5.41, 5.74) is 0. The first-order chi connectivity index (χ1) is 43.4. The maximum atomic E-state index is 13.0. The van der Waals surface area contributed by atoms with E-state index in [0.29, 0.717) is 25.7 Å². The molecule has 19 heteroatoms. The molecule has 0 amide bonds. The summed E-state index contributed by atoms with van der Waals surface area (Å²) in [5.74, 6) is -0.559. The van der Waals surface area contributed by atoms with Crippen LogP contribution < -0.4 is 0 Å². The minimum Gasteiger partial charge on any atom is -0.462 e. The van der Waals surface area contributed by atoms with Crippen molar-refractivity contribution in [3.8, 4) is 0 Å². The highest BCUT2D eigenvalue weighted by Gasteiger charge is 2.30. The maximum Gasteiger partial charge on any atom is 0.472 e. The third kappa shape index (κ3) is 64.8. The van der Waals surface area contributed by atoms with Crippen molar-refractivity contribution in [1.82, 2.24) is 0 Å². The molecule has 90 heavy (non-hydrogen) atoms.